The minimum atomic E-state index is -1.44. The molecular formula is C35H30N3O3S2+. The molecule has 43 heavy (non-hydrogen) atoms. The van der Waals surface area contributed by atoms with Gasteiger partial charge in [0.1, 0.15) is 11.3 Å². The number of nitrogens with zero attached hydrogens (tertiary/aromatic N) is 1. The van der Waals surface area contributed by atoms with Crippen LogP contribution in [0.5, 0.6) is 0 Å². The third-order valence-electron chi connectivity index (χ3n) is 7.44. The van der Waals surface area contributed by atoms with Crippen LogP contribution in [-0.4, -0.2) is 29.2 Å². The van der Waals surface area contributed by atoms with Gasteiger partial charge in [0.25, 0.3) is 0 Å². The topological polar surface area (TPSA) is 98.1 Å². The van der Waals surface area contributed by atoms with Crippen molar-refractivity contribution in [2.45, 2.75) is 19.8 Å². The van der Waals surface area contributed by atoms with E-state index in [2.05, 4.69) is 66.4 Å². The molecule has 0 radical (unpaired) electrons. The average molecular weight is 605 g/mol. The third-order valence-corrected chi connectivity index (χ3v) is 9.80. The summed E-state index contributed by atoms with van der Waals surface area (Å²) in [5, 5.41) is 18.9. The number of benzene rings is 3. The van der Waals surface area contributed by atoms with Crippen molar-refractivity contribution in [3.05, 3.63) is 119 Å². The zero-order valence-electron chi connectivity index (χ0n) is 23.5. The number of carbonyl (C=O) groups excluding carboxylic acids is 1. The van der Waals surface area contributed by atoms with E-state index in [9.17, 15) is 14.7 Å². The molecule has 0 spiro atoms. The molecule has 5 aromatic rings. The molecule has 1 amide bonds. The molecule has 3 aromatic carbocycles. The number of hydrogen-bond donors (Lipinski definition) is 3. The predicted molar refractivity (Wildman–Crippen MR) is 176 cm³/mol. The highest BCUT2D eigenvalue weighted by molar-refractivity contribution is 7.24. The third kappa shape index (κ3) is 6.27. The Morgan fingerprint density at radius 2 is 1.60 bits per heavy atom. The Kier molecular flexibility index (Phi) is 8.16. The minimum absolute atomic E-state index is 0.148. The number of carboxylic acids is 1. The maximum Gasteiger partial charge on any atom is 0.354 e. The molecule has 0 fully saturated rings. The van der Waals surface area contributed by atoms with Crippen LogP contribution in [0.1, 0.15) is 22.4 Å². The van der Waals surface area contributed by atoms with E-state index in [-0.39, 0.29) is 5.57 Å². The summed E-state index contributed by atoms with van der Waals surface area (Å²) in [6, 6.07) is 32.5. The van der Waals surface area contributed by atoms with Gasteiger partial charge in [-0.2, -0.15) is 0 Å². The summed E-state index contributed by atoms with van der Waals surface area (Å²) >= 11 is 3.18. The Balaban J connectivity index is 1.23. The van der Waals surface area contributed by atoms with Crippen LogP contribution in [0.2, 0.25) is 0 Å². The molecule has 2 aromatic heterocycles. The summed E-state index contributed by atoms with van der Waals surface area (Å²) in [6.45, 7) is 3.12. The van der Waals surface area contributed by atoms with Crippen LogP contribution in [-0.2, 0) is 16.0 Å². The Hall–Kier alpha value is -4.63. The number of amides is 1. The number of aryl methyl sites for hydroxylation is 2. The van der Waals surface area contributed by atoms with Gasteiger partial charge in [-0.1, -0.05) is 42.0 Å². The van der Waals surface area contributed by atoms with Gasteiger partial charge in [-0.15, -0.1) is 22.7 Å². The second-order valence-corrected chi connectivity index (χ2v) is 12.7. The van der Waals surface area contributed by atoms with Crippen LogP contribution < -0.4 is 10.2 Å². The van der Waals surface area contributed by atoms with E-state index in [4.69, 9.17) is 5.41 Å². The second kappa shape index (κ2) is 12.3. The molecule has 0 bridgehead atoms. The smallest absolute Gasteiger partial charge is 0.354 e. The van der Waals surface area contributed by atoms with Crippen molar-refractivity contribution in [3.8, 4) is 20.2 Å². The van der Waals surface area contributed by atoms with E-state index in [0.29, 0.717) is 10.6 Å². The number of quaternary nitrogens is 1. The fourth-order valence-electron chi connectivity index (χ4n) is 5.23. The molecule has 0 saturated heterocycles. The van der Waals surface area contributed by atoms with Gasteiger partial charge >= 0.3 is 11.9 Å². The Labute approximate surface area is 258 Å². The molecule has 6 nitrogen and oxygen atoms in total. The quantitative estimate of drug-likeness (QED) is 0.0974. The van der Waals surface area contributed by atoms with Gasteiger partial charge in [0.05, 0.1) is 0 Å². The van der Waals surface area contributed by atoms with Gasteiger partial charge in [-0.3, -0.25) is 5.41 Å². The SMILES string of the molecule is Cc1ccc(N2CCCc3cc(-c4ccc(-c5ccc(/C=C(/C(=N)C(=O)O)C(=O)[NH2+]c6ccccc6)s5)s4)ccc32)cc1. The van der Waals surface area contributed by atoms with Crippen molar-refractivity contribution >= 4 is 63.4 Å². The van der Waals surface area contributed by atoms with Crippen molar-refractivity contribution in [2.24, 2.45) is 0 Å². The number of para-hydroxylation sites is 1. The lowest BCUT2D eigenvalue weighted by Gasteiger charge is -2.31. The van der Waals surface area contributed by atoms with E-state index in [1.807, 2.05) is 18.2 Å². The number of carbonyl (C=O) groups is 2. The minimum Gasteiger partial charge on any atom is -0.477 e. The zero-order chi connectivity index (χ0) is 29.9. The van der Waals surface area contributed by atoms with Crippen molar-refractivity contribution < 1.29 is 20.0 Å². The molecule has 1 aliphatic rings. The molecule has 4 N–H and O–H groups in total. The van der Waals surface area contributed by atoms with Gasteiger partial charge in [0, 0.05) is 37.4 Å². The van der Waals surface area contributed by atoms with Gasteiger partial charge in [-0.05, 0) is 97.6 Å². The number of primary amides is 1. The molecule has 1 aliphatic heterocycles. The standard InChI is InChI=1S/C35H29N3O3S2/c1-22-9-12-26(13-10-22)38-19-5-6-23-20-24(11-15-29(23)38)30-17-18-32(43-30)31-16-14-27(42-31)21-28(33(36)35(40)41)34(39)37-25-7-3-2-4-8-25/h2-4,7-18,20-21,36H,5-6,19H2,1H3,(H,37,39)(H,40,41)/p+1/b28-21-,36-33?. The Morgan fingerprint density at radius 3 is 2.37 bits per heavy atom. The average Bonchev–Trinajstić information content (AvgIpc) is 3.70. The van der Waals surface area contributed by atoms with Crippen LogP contribution in [0.3, 0.4) is 0 Å². The number of anilines is 2. The number of thiophene rings is 2. The normalized spacial score (nSPS) is 13.0. The lowest BCUT2D eigenvalue weighted by molar-refractivity contribution is -0.478. The number of carboxylic acid groups (broad SMARTS) is 1. The number of hydrogen-bond acceptors (Lipinski definition) is 6. The summed E-state index contributed by atoms with van der Waals surface area (Å²) in [7, 11) is 0. The summed E-state index contributed by atoms with van der Waals surface area (Å²) < 4.78 is 0. The molecular weight excluding hydrogens is 575 g/mol. The highest BCUT2D eigenvalue weighted by Crippen LogP contribution is 2.41. The Bertz CT molecular complexity index is 1850. The lowest BCUT2D eigenvalue weighted by atomic mass is 9.98. The van der Waals surface area contributed by atoms with Crippen LogP contribution in [0.15, 0.2) is 103 Å². The van der Waals surface area contributed by atoms with Gasteiger partial charge in [0.2, 0.25) is 0 Å². The summed E-state index contributed by atoms with van der Waals surface area (Å²) in [6.07, 6.45) is 3.67. The molecule has 0 aliphatic carbocycles. The highest BCUT2D eigenvalue weighted by Gasteiger charge is 2.25. The van der Waals surface area contributed by atoms with Crippen LogP contribution in [0.4, 0.5) is 17.1 Å². The molecule has 8 heteroatoms. The van der Waals surface area contributed by atoms with Crippen molar-refractivity contribution in [2.75, 3.05) is 11.4 Å². The van der Waals surface area contributed by atoms with Crippen molar-refractivity contribution in [3.63, 3.8) is 0 Å². The first-order valence-electron chi connectivity index (χ1n) is 14.0. The van der Waals surface area contributed by atoms with Crippen molar-refractivity contribution in [1.82, 2.24) is 0 Å². The fraction of sp³-hybridized carbons (Fsp3) is 0.114. The van der Waals surface area contributed by atoms with E-state index >= 15 is 0 Å². The first kappa shape index (κ1) is 28.5. The zero-order valence-corrected chi connectivity index (χ0v) is 25.2. The van der Waals surface area contributed by atoms with Crippen molar-refractivity contribution in [1.29, 1.82) is 5.41 Å². The predicted octanol–water partition coefficient (Wildman–Crippen LogP) is 7.45. The highest BCUT2D eigenvalue weighted by atomic mass is 32.1. The van der Waals surface area contributed by atoms with E-state index < -0.39 is 17.6 Å². The van der Waals surface area contributed by atoms with Crippen LogP contribution >= 0.6 is 22.7 Å². The van der Waals surface area contributed by atoms with Gasteiger partial charge in [-0.25, -0.2) is 14.9 Å². The molecule has 0 atom stereocenters. The molecule has 0 unspecified atom stereocenters. The second-order valence-electron chi connectivity index (χ2n) is 10.5. The van der Waals surface area contributed by atoms with E-state index in [1.165, 1.54) is 55.7 Å². The number of fused-ring (bicyclic) bond motifs is 1. The monoisotopic (exact) mass is 604 g/mol. The molecule has 3 heterocycles. The van der Waals surface area contributed by atoms with Gasteiger partial charge in [0.15, 0.2) is 5.71 Å². The Morgan fingerprint density at radius 1 is 0.884 bits per heavy atom. The lowest BCUT2D eigenvalue weighted by Crippen LogP contribution is -2.83. The van der Waals surface area contributed by atoms with Crippen LogP contribution in [0, 0.1) is 12.3 Å². The number of rotatable bonds is 8. The largest absolute Gasteiger partial charge is 0.477 e. The maximum atomic E-state index is 13.0. The first-order valence-corrected chi connectivity index (χ1v) is 15.6. The fourth-order valence-corrected chi connectivity index (χ4v) is 7.28. The summed E-state index contributed by atoms with van der Waals surface area (Å²) in [5.74, 6) is -1.95. The summed E-state index contributed by atoms with van der Waals surface area (Å²) in [4.78, 5) is 31.0. The van der Waals surface area contributed by atoms with Crippen LogP contribution in [0.25, 0.3) is 26.3 Å². The van der Waals surface area contributed by atoms with Gasteiger partial charge < -0.3 is 10.0 Å². The van der Waals surface area contributed by atoms with E-state index in [1.54, 1.807) is 35.6 Å². The first-order chi connectivity index (χ1) is 20.9. The number of nitrogens with two attached hydrogens (primary N) is 1. The number of aliphatic carboxylic acids is 1. The maximum absolute atomic E-state index is 13.0. The van der Waals surface area contributed by atoms with E-state index in [0.717, 1.165) is 29.1 Å². The summed E-state index contributed by atoms with van der Waals surface area (Å²) in [5.41, 5.74) is 6.08. The molecule has 6 rings (SSSR count). The molecule has 0 saturated carbocycles. The number of nitrogens with one attached hydrogen (secondary N) is 1. The molecule has 214 valence electrons.